The van der Waals surface area contributed by atoms with Crippen LogP contribution in [0.25, 0.3) is 0 Å². The van der Waals surface area contributed by atoms with Crippen molar-refractivity contribution >= 4 is 11.8 Å². The van der Waals surface area contributed by atoms with E-state index in [0.29, 0.717) is 24.4 Å². The van der Waals surface area contributed by atoms with Gasteiger partial charge in [0, 0.05) is 70.0 Å². The molecule has 3 fully saturated rings. The number of amides is 2. The number of nitrogens with one attached hydrogen (secondary N) is 1. The smallest absolute Gasteiger partial charge is 0.272 e. The second-order valence-corrected chi connectivity index (χ2v) is 8.85. The maximum absolute atomic E-state index is 13.0. The Labute approximate surface area is 157 Å². The summed E-state index contributed by atoms with van der Waals surface area (Å²) >= 11 is 0. The molecule has 2 amide bonds. The predicted octanol–water partition coefficient (Wildman–Crippen LogP) is -0.529. The van der Waals surface area contributed by atoms with Gasteiger partial charge >= 0.3 is 0 Å². The van der Waals surface area contributed by atoms with Gasteiger partial charge in [0.05, 0.1) is 19.6 Å². The lowest BCUT2D eigenvalue weighted by Gasteiger charge is -2.47. The first-order valence-corrected chi connectivity index (χ1v) is 10.3. The molecule has 0 aromatic rings. The van der Waals surface area contributed by atoms with Crippen LogP contribution in [0.4, 0.5) is 0 Å². The molecule has 3 aliphatic rings. The van der Waals surface area contributed by atoms with E-state index in [1.807, 2.05) is 0 Å². The quantitative estimate of drug-likeness (QED) is 0.620. The zero-order chi connectivity index (χ0) is 18.7. The standard InChI is InChI=1S/C19H35N5O2/c1-15(2)22-5-7-23(8-6-22)19(26)17-3-9-24(10-4-17,14-18(20)25)13-16-11-21-12-16/h15-17,21H,3-14H2,1-2H3,(H-,20,25)/p+1. The second-order valence-electron chi connectivity index (χ2n) is 8.85. The number of nitrogens with two attached hydrogens (primary N) is 1. The van der Waals surface area contributed by atoms with Crippen LogP contribution in [0.3, 0.4) is 0 Å². The molecule has 0 saturated carbocycles. The minimum Gasteiger partial charge on any atom is -0.365 e. The normalized spacial score (nSPS) is 31.0. The van der Waals surface area contributed by atoms with Gasteiger partial charge in [0.25, 0.3) is 5.91 Å². The number of nitrogens with zero attached hydrogens (tertiary/aromatic N) is 3. The van der Waals surface area contributed by atoms with E-state index in [1.54, 1.807) is 0 Å². The van der Waals surface area contributed by atoms with Crippen LogP contribution in [0.15, 0.2) is 0 Å². The summed E-state index contributed by atoms with van der Waals surface area (Å²) in [7, 11) is 0. The molecule has 0 unspecified atom stereocenters. The van der Waals surface area contributed by atoms with Crippen molar-refractivity contribution in [3.05, 3.63) is 0 Å². The second kappa shape index (κ2) is 8.23. The summed E-state index contributed by atoms with van der Waals surface area (Å²) in [4.78, 5) is 29.1. The molecule has 26 heavy (non-hydrogen) atoms. The van der Waals surface area contributed by atoms with Crippen LogP contribution in [0, 0.1) is 11.8 Å². The molecule has 3 aliphatic heterocycles. The number of hydrogen-bond acceptors (Lipinski definition) is 4. The van der Waals surface area contributed by atoms with Crippen LogP contribution in [-0.2, 0) is 9.59 Å². The Morgan fingerprint density at radius 3 is 2.19 bits per heavy atom. The number of piperazine rings is 1. The van der Waals surface area contributed by atoms with Crippen LogP contribution in [-0.4, -0.2) is 97.6 Å². The van der Waals surface area contributed by atoms with Crippen molar-refractivity contribution < 1.29 is 14.1 Å². The van der Waals surface area contributed by atoms with Crippen molar-refractivity contribution in [1.29, 1.82) is 0 Å². The highest BCUT2D eigenvalue weighted by atomic mass is 16.2. The Morgan fingerprint density at radius 1 is 1.12 bits per heavy atom. The highest BCUT2D eigenvalue weighted by Crippen LogP contribution is 2.28. The van der Waals surface area contributed by atoms with Crippen LogP contribution in [0.1, 0.15) is 26.7 Å². The lowest BCUT2D eigenvalue weighted by atomic mass is 9.90. The van der Waals surface area contributed by atoms with Crippen LogP contribution in [0.5, 0.6) is 0 Å². The van der Waals surface area contributed by atoms with Gasteiger partial charge in [-0.3, -0.25) is 14.5 Å². The van der Waals surface area contributed by atoms with Gasteiger partial charge in [-0.05, 0) is 13.8 Å². The first kappa shape index (κ1) is 19.6. The van der Waals surface area contributed by atoms with Gasteiger partial charge in [-0.25, -0.2) is 0 Å². The summed E-state index contributed by atoms with van der Waals surface area (Å²) in [5.41, 5.74) is 5.54. The number of primary amides is 1. The third kappa shape index (κ3) is 4.56. The summed E-state index contributed by atoms with van der Waals surface area (Å²) in [5, 5.41) is 3.31. The topological polar surface area (TPSA) is 78.7 Å². The van der Waals surface area contributed by atoms with Gasteiger partial charge < -0.3 is 20.4 Å². The van der Waals surface area contributed by atoms with Gasteiger partial charge in [0.2, 0.25) is 5.91 Å². The summed E-state index contributed by atoms with van der Waals surface area (Å²) in [5.74, 6) is 0.882. The Balaban J connectivity index is 1.52. The maximum atomic E-state index is 13.0. The number of carbonyl (C=O) groups is 2. The Hall–Kier alpha value is -1.18. The van der Waals surface area contributed by atoms with Crippen LogP contribution in [0.2, 0.25) is 0 Å². The molecule has 0 aliphatic carbocycles. The van der Waals surface area contributed by atoms with Gasteiger partial charge in [-0.1, -0.05) is 0 Å². The highest BCUT2D eigenvalue weighted by molar-refractivity contribution is 5.79. The van der Waals surface area contributed by atoms with Crippen molar-refractivity contribution in [2.45, 2.75) is 32.7 Å². The molecule has 3 heterocycles. The minimum atomic E-state index is -0.216. The summed E-state index contributed by atoms with van der Waals surface area (Å²) in [6.07, 6.45) is 1.77. The molecular formula is C19H36N5O2+. The van der Waals surface area contributed by atoms with E-state index in [0.717, 1.165) is 76.2 Å². The minimum absolute atomic E-state index is 0.124. The first-order valence-electron chi connectivity index (χ1n) is 10.3. The Kier molecular flexibility index (Phi) is 6.20. The molecule has 0 radical (unpaired) electrons. The largest absolute Gasteiger partial charge is 0.365 e. The zero-order valence-corrected chi connectivity index (χ0v) is 16.5. The maximum Gasteiger partial charge on any atom is 0.272 e. The fourth-order valence-corrected chi connectivity index (χ4v) is 4.84. The predicted molar refractivity (Wildman–Crippen MR) is 101 cm³/mol. The van der Waals surface area contributed by atoms with Crippen molar-refractivity contribution in [1.82, 2.24) is 15.1 Å². The van der Waals surface area contributed by atoms with Gasteiger partial charge in [0.15, 0.2) is 6.54 Å². The van der Waals surface area contributed by atoms with E-state index in [2.05, 4.69) is 29.0 Å². The molecule has 0 aromatic carbocycles. The van der Waals surface area contributed by atoms with Gasteiger partial charge in [-0.2, -0.15) is 0 Å². The summed E-state index contributed by atoms with van der Waals surface area (Å²) in [6.45, 7) is 13.4. The zero-order valence-electron chi connectivity index (χ0n) is 16.5. The van der Waals surface area contributed by atoms with E-state index in [-0.39, 0.29) is 11.8 Å². The molecule has 0 spiro atoms. The van der Waals surface area contributed by atoms with Crippen molar-refractivity contribution in [3.63, 3.8) is 0 Å². The Morgan fingerprint density at radius 2 is 1.73 bits per heavy atom. The molecule has 3 saturated heterocycles. The molecule has 7 nitrogen and oxygen atoms in total. The summed E-state index contributed by atoms with van der Waals surface area (Å²) in [6, 6.07) is 0.551. The number of rotatable bonds is 6. The number of piperidine rings is 1. The van der Waals surface area contributed by atoms with Crippen LogP contribution < -0.4 is 11.1 Å². The van der Waals surface area contributed by atoms with Gasteiger partial charge in [0.1, 0.15) is 0 Å². The van der Waals surface area contributed by atoms with Crippen LogP contribution >= 0.6 is 0 Å². The average Bonchev–Trinajstić information content (AvgIpc) is 2.58. The monoisotopic (exact) mass is 366 g/mol. The number of likely N-dealkylation sites (tertiary alicyclic amines) is 1. The fraction of sp³-hybridized carbons (Fsp3) is 0.895. The van der Waals surface area contributed by atoms with Gasteiger partial charge in [-0.15, -0.1) is 0 Å². The number of quaternary nitrogens is 1. The van der Waals surface area contributed by atoms with Crippen molar-refractivity contribution in [2.75, 3.05) is 65.4 Å². The third-order valence-corrected chi connectivity index (χ3v) is 6.61. The Bertz CT molecular complexity index is 504. The van der Waals surface area contributed by atoms with E-state index in [9.17, 15) is 9.59 Å². The third-order valence-electron chi connectivity index (χ3n) is 6.61. The SMILES string of the molecule is CC(C)N1CCN(C(=O)C2CC[N+](CC(N)=O)(CC3CNC3)CC2)CC1. The fourth-order valence-electron chi connectivity index (χ4n) is 4.84. The molecular weight excluding hydrogens is 330 g/mol. The average molecular weight is 367 g/mol. The van der Waals surface area contributed by atoms with E-state index >= 15 is 0 Å². The lowest BCUT2D eigenvalue weighted by Crippen LogP contribution is -2.63. The molecule has 0 aromatic heterocycles. The molecule has 0 atom stereocenters. The van der Waals surface area contributed by atoms with E-state index < -0.39 is 0 Å². The first-order chi connectivity index (χ1) is 12.4. The van der Waals surface area contributed by atoms with Crippen molar-refractivity contribution in [3.8, 4) is 0 Å². The molecule has 0 bridgehead atoms. The molecule has 3 rings (SSSR count). The number of carbonyl (C=O) groups excluding carboxylic acids is 2. The van der Waals surface area contributed by atoms with Crippen molar-refractivity contribution in [2.24, 2.45) is 17.6 Å². The number of hydrogen-bond donors (Lipinski definition) is 2. The lowest BCUT2D eigenvalue weighted by molar-refractivity contribution is -0.929. The highest BCUT2D eigenvalue weighted by Gasteiger charge is 2.41. The van der Waals surface area contributed by atoms with E-state index in [1.165, 1.54) is 0 Å². The molecule has 3 N–H and O–H groups in total. The molecule has 148 valence electrons. The summed E-state index contributed by atoms with van der Waals surface area (Å²) < 4.78 is 0.784. The van der Waals surface area contributed by atoms with E-state index in [4.69, 9.17) is 5.73 Å². The molecule has 7 heteroatoms.